The van der Waals surface area contributed by atoms with E-state index < -0.39 is 0 Å². The molecule has 0 nitrogen and oxygen atoms in total. The Morgan fingerprint density at radius 2 is 2.05 bits per heavy atom. The number of allylic oxidation sites excluding steroid dienone is 5. The van der Waals surface area contributed by atoms with E-state index in [-0.39, 0.29) is 0 Å². The van der Waals surface area contributed by atoms with Crippen molar-refractivity contribution in [1.29, 1.82) is 0 Å². The van der Waals surface area contributed by atoms with Gasteiger partial charge in [-0.05, 0) is 74.0 Å². The first-order chi connectivity index (χ1) is 10.5. The highest BCUT2D eigenvalue weighted by Crippen LogP contribution is 2.67. The van der Waals surface area contributed by atoms with Crippen molar-refractivity contribution < 1.29 is 0 Å². The van der Waals surface area contributed by atoms with Crippen LogP contribution in [0.1, 0.15) is 65.7 Å². The topological polar surface area (TPSA) is 0 Å². The molecule has 4 rings (SSSR count). The van der Waals surface area contributed by atoms with Crippen LogP contribution in [0.25, 0.3) is 0 Å². The maximum atomic E-state index is 4.49. The Kier molecular flexibility index (Phi) is 3.26. The quantitative estimate of drug-likeness (QED) is 0.497. The average Bonchev–Trinajstić information content (AvgIpc) is 2.76. The highest BCUT2D eigenvalue weighted by atomic mass is 14.6. The third-order valence-corrected chi connectivity index (χ3v) is 8.23. The Hall–Kier alpha value is -0.780. The first-order valence-corrected chi connectivity index (χ1v) is 9.55. The molecule has 0 unspecified atom stereocenters. The van der Waals surface area contributed by atoms with Gasteiger partial charge in [0.15, 0.2) is 0 Å². The molecule has 0 aromatic carbocycles. The van der Waals surface area contributed by atoms with Crippen LogP contribution in [-0.4, -0.2) is 0 Å². The van der Waals surface area contributed by atoms with E-state index >= 15 is 0 Å². The number of rotatable bonds is 1. The number of hydrogen-bond acceptors (Lipinski definition) is 0. The van der Waals surface area contributed by atoms with Crippen LogP contribution in [0.15, 0.2) is 36.0 Å². The summed E-state index contributed by atoms with van der Waals surface area (Å²) in [6.07, 6.45) is 16.9. The first-order valence-electron chi connectivity index (χ1n) is 9.55. The lowest BCUT2D eigenvalue weighted by Gasteiger charge is -2.57. The lowest BCUT2D eigenvalue weighted by atomic mass is 9.48. The second-order valence-corrected chi connectivity index (χ2v) is 8.93. The van der Waals surface area contributed by atoms with Crippen LogP contribution < -0.4 is 0 Å². The van der Waals surface area contributed by atoms with Crippen molar-refractivity contribution >= 4 is 0 Å². The Labute approximate surface area is 136 Å². The van der Waals surface area contributed by atoms with Crippen molar-refractivity contribution in [3.05, 3.63) is 36.0 Å². The van der Waals surface area contributed by atoms with Gasteiger partial charge in [-0.2, -0.15) is 0 Å². The summed E-state index contributed by atoms with van der Waals surface area (Å²) in [6, 6.07) is 0. The van der Waals surface area contributed by atoms with Crippen molar-refractivity contribution in [1.82, 2.24) is 0 Å². The van der Waals surface area contributed by atoms with Crippen molar-refractivity contribution in [2.45, 2.75) is 65.7 Å². The highest BCUT2D eigenvalue weighted by Gasteiger charge is 2.58. The van der Waals surface area contributed by atoms with Gasteiger partial charge >= 0.3 is 0 Å². The summed E-state index contributed by atoms with van der Waals surface area (Å²) in [6.45, 7) is 12.0. The van der Waals surface area contributed by atoms with Crippen LogP contribution in [0.3, 0.4) is 0 Å². The van der Waals surface area contributed by atoms with Gasteiger partial charge in [0.05, 0.1) is 0 Å². The molecule has 4 aliphatic carbocycles. The predicted octanol–water partition coefficient (Wildman–Crippen LogP) is 6.31. The van der Waals surface area contributed by atoms with E-state index in [1.807, 2.05) is 0 Å². The van der Waals surface area contributed by atoms with Gasteiger partial charge in [0, 0.05) is 5.41 Å². The molecule has 0 saturated heterocycles. The lowest BCUT2D eigenvalue weighted by Crippen LogP contribution is -2.49. The van der Waals surface area contributed by atoms with Gasteiger partial charge in [0.2, 0.25) is 0 Å². The molecule has 0 amide bonds. The largest absolute Gasteiger partial charge is 0.0995 e. The number of hydrogen-bond donors (Lipinski definition) is 0. The Balaban J connectivity index is 1.70. The zero-order chi connectivity index (χ0) is 15.5. The van der Waals surface area contributed by atoms with E-state index in [2.05, 4.69) is 45.6 Å². The first kappa shape index (κ1) is 14.8. The summed E-state index contributed by atoms with van der Waals surface area (Å²) in [5.74, 6) is 3.49. The normalized spacial score (nSPS) is 50.1. The molecule has 0 bridgehead atoms. The van der Waals surface area contributed by atoms with Crippen molar-refractivity contribution in [2.24, 2.45) is 34.5 Å². The molecule has 0 N–H and O–H groups in total. The summed E-state index contributed by atoms with van der Waals surface area (Å²) in [5.41, 5.74) is 4.24. The summed E-state index contributed by atoms with van der Waals surface area (Å²) in [4.78, 5) is 0. The van der Waals surface area contributed by atoms with Crippen LogP contribution >= 0.6 is 0 Å². The molecule has 0 aliphatic heterocycles. The van der Waals surface area contributed by atoms with E-state index in [0.29, 0.717) is 10.8 Å². The van der Waals surface area contributed by atoms with Gasteiger partial charge in [0.25, 0.3) is 0 Å². The fourth-order valence-electron chi connectivity index (χ4n) is 7.15. The zero-order valence-electron chi connectivity index (χ0n) is 14.7. The van der Waals surface area contributed by atoms with Crippen LogP contribution in [0.4, 0.5) is 0 Å². The monoisotopic (exact) mass is 296 g/mol. The summed E-state index contributed by atoms with van der Waals surface area (Å²) >= 11 is 0. The maximum absolute atomic E-state index is 4.49. The molecule has 120 valence electrons. The minimum Gasteiger partial charge on any atom is -0.0995 e. The molecule has 0 aromatic heterocycles. The molecule has 4 aliphatic rings. The van der Waals surface area contributed by atoms with Gasteiger partial charge in [-0.3, -0.25) is 0 Å². The minimum atomic E-state index is 0.369. The maximum Gasteiger partial charge on any atom is 0.00936 e. The minimum absolute atomic E-state index is 0.369. The van der Waals surface area contributed by atoms with Crippen molar-refractivity contribution in [3.8, 4) is 0 Å². The average molecular weight is 296 g/mol. The fourth-order valence-corrected chi connectivity index (χ4v) is 7.15. The van der Waals surface area contributed by atoms with Crippen LogP contribution in [0.2, 0.25) is 0 Å². The third-order valence-electron chi connectivity index (χ3n) is 8.23. The molecule has 0 heterocycles. The van der Waals surface area contributed by atoms with Crippen LogP contribution in [0.5, 0.6) is 0 Å². The van der Waals surface area contributed by atoms with E-state index in [9.17, 15) is 0 Å². The SMILES string of the molecule is C=C1C[C@H]2[C@@H]3CCC4=CCC=C[C@]4(C)[C@H]3CC[C@]2(C)[C@H]1CC. The molecule has 0 spiro atoms. The lowest BCUT2D eigenvalue weighted by molar-refractivity contribution is -0.0334. The molecule has 3 fully saturated rings. The Morgan fingerprint density at radius 1 is 1.23 bits per heavy atom. The van der Waals surface area contributed by atoms with Crippen LogP contribution in [0, 0.1) is 34.5 Å². The van der Waals surface area contributed by atoms with Crippen molar-refractivity contribution in [2.75, 3.05) is 0 Å². The molecule has 0 radical (unpaired) electrons. The third kappa shape index (κ3) is 1.76. The fraction of sp³-hybridized carbons (Fsp3) is 0.727. The summed E-state index contributed by atoms with van der Waals surface area (Å²) < 4.78 is 0. The van der Waals surface area contributed by atoms with Gasteiger partial charge in [-0.25, -0.2) is 0 Å². The molecule has 0 heteroatoms. The molecule has 6 atom stereocenters. The molecular weight excluding hydrogens is 264 g/mol. The summed E-state index contributed by atoms with van der Waals surface area (Å²) in [7, 11) is 0. The highest BCUT2D eigenvalue weighted by molar-refractivity contribution is 5.32. The Morgan fingerprint density at radius 3 is 2.82 bits per heavy atom. The van der Waals surface area contributed by atoms with Gasteiger partial charge in [0.1, 0.15) is 0 Å². The summed E-state index contributed by atoms with van der Waals surface area (Å²) in [5, 5.41) is 0. The second-order valence-electron chi connectivity index (χ2n) is 8.93. The van der Waals surface area contributed by atoms with Gasteiger partial charge in [-0.1, -0.05) is 56.7 Å². The molecule has 3 saturated carbocycles. The van der Waals surface area contributed by atoms with E-state index in [1.165, 1.54) is 38.5 Å². The van der Waals surface area contributed by atoms with Gasteiger partial charge < -0.3 is 0 Å². The standard InChI is InChI=1S/C22H32/c1-5-18-15(2)14-20-17-10-9-16-8-6-7-12-21(16,3)19(17)11-13-22(18,20)4/h7-8,12,17-20H,2,5-6,9-11,13-14H2,1,3-4H3/t17-,18+,19+,20+,21+,22-/m1/s1. The van der Waals surface area contributed by atoms with Crippen LogP contribution in [-0.2, 0) is 0 Å². The van der Waals surface area contributed by atoms with Crippen molar-refractivity contribution in [3.63, 3.8) is 0 Å². The number of fused-ring (bicyclic) bond motifs is 5. The molecular formula is C22H32. The smallest absolute Gasteiger partial charge is 0.00936 e. The second kappa shape index (κ2) is 4.86. The van der Waals surface area contributed by atoms with E-state index in [0.717, 1.165) is 30.1 Å². The van der Waals surface area contributed by atoms with E-state index in [4.69, 9.17) is 0 Å². The predicted molar refractivity (Wildman–Crippen MR) is 94.5 cm³/mol. The zero-order valence-corrected chi connectivity index (χ0v) is 14.7. The molecule has 22 heavy (non-hydrogen) atoms. The Bertz CT molecular complexity index is 550. The van der Waals surface area contributed by atoms with Gasteiger partial charge in [-0.15, -0.1) is 0 Å². The molecule has 0 aromatic rings. The van der Waals surface area contributed by atoms with E-state index in [1.54, 1.807) is 11.1 Å².